The Morgan fingerprint density at radius 1 is 1.12 bits per heavy atom. The van der Waals surface area contributed by atoms with E-state index in [0.29, 0.717) is 5.56 Å². The van der Waals surface area contributed by atoms with E-state index in [2.05, 4.69) is 0 Å². The maximum absolute atomic E-state index is 12.8. The van der Waals surface area contributed by atoms with Crippen LogP contribution in [0.3, 0.4) is 0 Å². The zero-order valence-electron chi connectivity index (χ0n) is 13.8. The van der Waals surface area contributed by atoms with Crippen molar-refractivity contribution < 1.29 is 23.0 Å². The fourth-order valence-electron chi connectivity index (χ4n) is 2.45. The second-order valence-corrected chi connectivity index (χ2v) is 6.13. The van der Waals surface area contributed by atoms with Crippen LogP contribution in [-0.4, -0.2) is 48.8 Å². The fourth-order valence-corrected chi connectivity index (χ4v) is 3.66. The van der Waals surface area contributed by atoms with Gasteiger partial charge in [0.2, 0.25) is 0 Å². The molecule has 7 nitrogen and oxygen atoms in total. The molecular formula is C15H18F2N2O5S. The summed E-state index contributed by atoms with van der Waals surface area (Å²) in [6, 6.07) is 0. The molecule has 2 rings (SSSR count). The largest absolute Gasteiger partial charge is 0.459 e. The van der Waals surface area contributed by atoms with Gasteiger partial charge in [0.1, 0.15) is 29.7 Å². The Labute approximate surface area is 145 Å². The summed E-state index contributed by atoms with van der Waals surface area (Å²) in [7, 11) is 1.46. The first kappa shape index (κ1) is 19.3. The summed E-state index contributed by atoms with van der Waals surface area (Å²) in [5.41, 5.74) is -1.01. The van der Waals surface area contributed by atoms with Crippen LogP contribution in [0.1, 0.15) is 15.2 Å². The Hall–Kier alpha value is -2.07. The number of thiophene rings is 1. The van der Waals surface area contributed by atoms with Crippen molar-refractivity contribution >= 4 is 27.5 Å². The highest BCUT2D eigenvalue weighted by Crippen LogP contribution is 2.28. The van der Waals surface area contributed by atoms with Crippen LogP contribution >= 0.6 is 11.3 Å². The van der Waals surface area contributed by atoms with Gasteiger partial charge in [0.25, 0.3) is 5.56 Å². The first-order chi connectivity index (χ1) is 12.0. The van der Waals surface area contributed by atoms with Crippen LogP contribution in [0.5, 0.6) is 0 Å². The molecule has 0 saturated carbocycles. The van der Waals surface area contributed by atoms with E-state index >= 15 is 0 Å². The van der Waals surface area contributed by atoms with Crippen molar-refractivity contribution in [3.63, 3.8) is 0 Å². The van der Waals surface area contributed by atoms with Crippen LogP contribution in [0.25, 0.3) is 10.2 Å². The molecule has 25 heavy (non-hydrogen) atoms. The van der Waals surface area contributed by atoms with Crippen LogP contribution in [0.4, 0.5) is 8.78 Å². The molecule has 10 heteroatoms. The Morgan fingerprint density at radius 3 is 2.44 bits per heavy atom. The summed E-state index contributed by atoms with van der Waals surface area (Å²) >= 11 is 0.918. The lowest BCUT2D eigenvalue weighted by Crippen LogP contribution is -2.40. The monoisotopic (exact) mass is 376 g/mol. The zero-order chi connectivity index (χ0) is 18.6. The lowest BCUT2D eigenvalue weighted by molar-refractivity contribution is 0.0486. The van der Waals surface area contributed by atoms with E-state index in [1.54, 1.807) is 0 Å². The normalized spacial score (nSPS) is 11.2. The lowest BCUT2D eigenvalue weighted by atomic mass is 10.2. The van der Waals surface area contributed by atoms with Crippen LogP contribution in [0.2, 0.25) is 0 Å². The van der Waals surface area contributed by atoms with E-state index in [9.17, 15) is 23.2 Å². The molecule has 0 saturated heterocycles. The third-order valence-electron chi connectivity index (χ3n) is 3.62. The molecule has 0 aliphatic carbocycles. The summed E-state index contributed by atoms with van der Waals surface area (Å²) in [6.07, 6.45) is 0. The molecule has 0 aliphatic rings. The van der Waals surface area contributed by atoms with Crippen molar-refractivity contribution in [3.05, 3.63) is 31.3 Å². The Balaban J connectivity index is 2.74. The van der Waals surface area contributed by atoms with Gasteiger partial charge in [-0.05, 0) is 12.5 Å². The van der Waals surface area contributed by atoms with Crippen LogP contribution < -0.4 is 11.2 Å². The van der Waals surface area contributed by atoms with Crippen LogP contribution in [0.15, 0.2) is 9.59 Å². The van der Waals surface area contributed by atoms with E-state index < -0.39 is 37.2 Å². The number of ether oxygens (including phenoxy) is 2. The van der Waals surface area contributed by atoms with Crippen molar-refractivity contribution in [2.75, 3.05) is 33.7 Å². The standard InChI is InChI=1S/C15H18F2N2O5S/c1-9-10-12(20)18(5-3-16)15(22)19(6-8-23-2)13(10)25-11(9)14(21)24-7-4-17/h3-8H2,1-2H3. The number of rotatable bonds is 8. The number of hydrogen-bond acceptors (Lipinski definition) is 6. The quantitative estimate of drug-likeness (QED) is 0.649. The topological polar surface area (TPSA) is 79.5 Å². The average molecular weight is 376 g/mol. The highest BCUT2D eigenvalue weighted by atomic mass is 32.1. The van der Waals surface area contributed by atoms with Gasteiger partial charge in [0.15, 0.2) is 0 Å². The summed E-state index contributed by atoms with van der Waals surface area (Å²) in [4.78, 5) is 37.6. The second-order valence-electron chi connectivity index (χ2n) is 5.13. The number of esters is 1. The number of carbonyl (C=O) groups excluding carboxylic acids is 1. The van der Waals surface area contributed by atoms with Gasteiger partial charge in [0.05, 0.1) is 25.1 Å². The van der Waals surface area contributed by atoms with E-state index in [0.717, 1.165) is 15.9 Å². The summed E-state index contributed by atoms with van der Waals surface area (Å²) < 4.78 is 36.8. The van der Waals surface area contributed by atoms with Crippen molar-refractivity contribution in [1.82, 2.24) is 9.13 Å². The van der Waals surface area contributed by atoms with E-state index in [1.807, 2.05) is 0 Å². The van der Waals surface area contributed by atoms with Gasteiger partial charge >= 0.3 is 11.7 Å². The number of methoxy groups -OCH3 is 1. The number of nitrogens with zero attached hydrogens (tertiary/aromatic N) is 2. The lowest BCUT2D eigenvalue weighted by Gasteiger charge is -2.10. The van der Waals surface area contributed by atoms with Gasteiger partial charge in [-0.2, -0.15) is 0 Å². The molecule has 0 fully saturated rings. The molecule has 2 aromatic rings. The number of alkyl halides is 2. The zero-order valence-corrected chi connectivity index (χ0v) is 14.7. The molecule has 0 spiro atoms. The van der Waals surface area contributed by atoms with Crippen molar-refractivity contribution in [2.24, 2.45) is 0 Å². The van der Waals surface area contributed by atoms with Crippen molar-refractivity contribution in [3.8, 4) is 0 Å². The number of carbonyl (C=O) groups is 1. The maximum Gasteiger partial charge on any atom is 0.348 e. The molecule has 2 heterocycles. The van der Waals surface area contributed by atoms with Gasteiger partial charge in [-0.3, -0.25) is 13.9 Å². The second kappa shape index (κ2) is 8.34. The molecule has 0 radical (unpaired) electrons. The van der Waals surface area contributed by atoms with Crippen LogP contribution in [0, 0.1) is 6.92 Å². The molecule has 0 amide bonds. The summed E-state index contributed by atoms with van der Waals surface area (Å²) in [6.45, 7) is -0.598. The molecule has 138 valence electrons. The number of aryl methyl sites for hydroxylation is 1. The molecule has 0 aliphatic heterocycles. The summed E-state index contributed by atoms with van der Waals surface area (Å²) in [5, 5.41) is 0.154. The number of fused-ring (bicyclic) bond motifs is 1. The predicted molar refractivity (Wildman–Crippen MR) is 89.2 cm³/mol. The van der Waals surface area contributed by atoms with E-state index in [-0.39, 0.29) is 34.8 Å². The van der Waals surface area contributed by atoms with Crippen LogP contribution in [-0.2, 0) is 22.6 Å². The molecule has 0 atom stereocenters. The highest BCUT2D eigenvalue weighted by Gasteiger charge is 2.23. The molecule has 2 aromatic heterocycles. The minimum atomic E-state index is -0.875. The van der Waals surface area contributed by atoms with Gasteiger partial charge in [-0.1, -0.05) is 0 Å². The number of hydrogen-bond donors (Lipinski definition) is 0. The van der Waals surface area contributed by atoms with Gasteiger partial charge < -0.3 is 9.47 Å². The van der Waals surface area contributed by atoms with Crippen molar-refractivity contribution in [1.29, 1.82) is 0 Å². The third-order valence-corrected chi connectivity index (χ3v) is 4.91. The number of halogens is 2. The minimum absolute atomic E-state index is 0.115. The molecule has 0 unspecified atom stereocenters. The molecule has 0 bridgehead atoms. The highest BCUT2D eigenvalue weighted by molar-refractivity contribution is 7.20. The minimum Gasteiger partial charge on any atom is -0.459 e. The Bertz CT molecular complexity index is 887. The third kappa shape index (κ3) is 3.64. The first-order valence-electron chi connectivity index (χ1n) is 7.52. The van der Waals surface area contributed by atoms with Gasteiger partial charge in [-0.25, -0.2) is 18.4 Å². The number of aromatic nitrogens is 2. The van der Waals surface area contributed by atoms with Gasteiger partial charge in [0, 0.05) is 7.11 Å². The average Bonchev–Trinajstić information content (AvgIpc) is 2.94. The SMILES string of the molecule is COCCn1c(=O)n(CCF)c(=O)c2c(C)c(C(=O)OCCF)sc21. The Morgan fingerprint density at radius 2 is 1.84 bits per heavy atom. The van der Waals surface area contributed by atoms with E-state index in [1.165, 1.54) is 18.6 Å². The molecule has 0 N–H and O–H groups in total. The van der Waals surface area contributed by atoms with Gasteiger partial charge in [-0.15, -0.1) is 11.3 Å². The molecule has 0 aromatic carbocycles. The molecular weight excluding hydrogens is 358 g/mol. The summed E-state index contributed by atoms with van der Waals surface area (Å²) in [5.74, 6) is -0.765. The maximum atomic E-state index is 12.8. The van der Waals surface area contributed by atoms with Crippen molar-refractivity contribution in [2.45, 2.75) is 20.0 Å². The smallest absolute Gasteiger partial charge is 0.348 e. The fraction of sp³-hybridized carbons (Fsp3) is 0.533. The first-order valence-corrected chi connectivity index (χ1v) is 8.34. The Kier molecular flexibility index (Phi) is 6.43. The predicted octanol–water partition coefficient (Wildman–Crippen LogP) is 1.28. The van der Waals surface area contributed by atoms with E-state index in [4.69, 9.17) is 9.47 Å².